The van der Waals surface area contributed by atoms with E-state index in [0.29, 0.717) is 36.0 Å². The monoisotopic (exact) mass is 314 g/mol. The zero-order chi connectivity index (χ0) is 16.2. The van der Waals surface area contributed by atoms with Crippen LogP contribution in [0, 0.1) is 0 Å². The van der Waals surface area contributed by atoms with Crippen molar-refractivity contribution >= 4 is 17.1 Å². The van der Waals surface area contributed by atoms with Crippen LogP contribution >= 0.6 is 0 Å². The molecule has 0 aliphatic heterocycles. The molecule has 23 heavy (non-hydrogen) atoms. The number of pyridine rings is 1. The van der Waals surface area contributed by atoms with Crippen LogP contribution in [-0.4, -0.2) is 49.9 Å². The minimum absolute atomic E-state index is 0.121. The third-order valence-corrected chi connectivity index (χ3v) is 3.40. The standard InChI is InChI=1S/C15H18N6O2/c1-21-9-18-13-12(10-4-5-11(23-2)17-8-10)19-15(20-14(13)21)16-6-3-7-22/h4-5,8-9,22H,3,6-7H2,1-2H3,(H,16,19,20). The van der Waals surface area contributed by atoms with Gasteiger partial charge in [-0.25, -0.2) is 15.0 Å². The van der Waals surface area contributed by atoms with Gasteiger partial charge in [0.05, 0.1) is 13.4 Å². The molecular formula is C15H18N6O2. The molecular weight excluding hydrogens is 296 g/mol. The van der Waals surface area contributed by atoms with Crippen molar-refractivity contribution in [1.29, 1.82) is 0 Å². The van der Waals surface area contributed by atoms with Gasteiger partial charge in [-0.3, -0.25) is 0 Å². The summed E-state index contributed by atoms with van der Waals surface area (Å²) in [7, 11) is 3.46. The number of aromatic nitrogens is 5. The minimum atomic E-state index is 0.121. The average Bonchev–Trinajstić information content (AvgIpc) is 2.96. The molecule has 0 aliphatic carbocycles. The second kappa shape index (κ2) is 6.57. The highest BCUT2D eigenvalue weighted by Crippen LogP contribution is 2.26. The normalized spacial score (nSPS) is 10.9. The Bertz CT molecular complexity index is 800. The molecule has 3 aromatic heterocycles. The van der Waals surface area contributed by atoms with Gasteiger partial charge in [0.1, 0.15) is 11.2 Å². The minimum Gasteiger partial charge on any atom is -0.481 e. The lowest BCUT2D eigenvalue weighted by atomic mass is 10.2. The SMILES string of the molecule is COc1ccc(-c2nc(NCCCO)nc3c2ncn3C)cn1. The fourth-order valence-electron chi connectivity index (χ4n) is 2.21. The molecule has 120 valence electrons. The smallest absolute Gasteiger partial charge is 0.225 e. The first kappa shape index (κ1) is 15.2. The number of ether oxygens (including phenoxy) is 1. The maximum atomic E-state index is 8.89. The first-order valence-electron chi connectivity index (χ1n) is 7.27. The quantitative estimate of drug-likeness (QED) is 0.660. The zero-order valence-electron chi connectivity index (χ0n) is 13.0. The Morgan fingerprint density at radius 1 is 1.26 bits per heavy atom. The number of hydrogen-bond acceptors (Lipinski definition) is 7. The number of methoxy groups -OCH3 is 1. The molecule has 0 atom stereocenters. The number of nitrogens with one attached hydrogen (secondary N) is 1. The van der Waals surface area contributed by atoms with Gasteiger partial charge < -0.3 is 19.7 Å². The molecule has 2 N–H and O–H groups in total. The number of hydrogen-bond donors (Lipinski definition) is 2. The first-order valence-corrected chi connectivity index (χ1v) is 7.27. The van der Waals surface area contributed by atoms with Crippen LogP contribution in [0.3, 0.4) is 0 Å². The lowest BCUT2D eigenvalue weighted by Gasteiger charge is -2.08. The number of nitrogens with zero attached hydrogens (tertiary/aromatic N) is 5. The fraction of sp³-hybridized carbons (Fsp3) is 0.333. The molecule has 0 aliphatic rings. The van der Waals surface area contributed by atoms with Gasteiger partial charge in [-0.05, 0) is 12.5 Å². The Morgan fingerprint density at radius 2 is 2.13 bits per heavy atom. The summed E-state index contributed by atoms with van der Waals surface area (Å²) in [6, 6.07) is 3.67. The first-order chi connectivity index (χ1) is 11.2. The highest BCUT2D eigenvalue weighted by molar-refractivity contribution is 5.88. The molecule has 3 rings (SSSR count). The van der Waals surface area contributed by atoms with Gasteiger partial charge in [-0.1, -0.05) is 0 Å². The van der Waals surface area contributed by atoms with Gasteiger partial charge in [-0.2, -0.15) is 4.98 Å². The summed E-state index contributed by atoms with van der Waals surface area (Å²) < 4.78 is 6.93. The number of rotatable bonds is 6. The van der Waals surface area contributed by atoms with Crippen LogP contribution in [0.4, 0.5) is 5.95 Å². The summed E-state index contributed by atoms with van der Waals surface area (Å²) in [4.78, 5) is 17.6. The number of aliphatic hydroxyl groups is 1. The van der Waals surface area contributed by atoms with E-state index in [9.17, 15) is 0 Å². The van der Waals surface area contributed by atoms with Crippen LogP contribution in [0.25, 0.3) is 22.4 Å². The van der Waals surface area contributed by atoms with E-state index < -0.39 is 0 Å². The maximum Gasteiger partial charge on any atom is 0.225 e. The Kier molecular flexibility index (Phi) is 4.33. The number of fused-ring (bicyclic) bond motifs is 1. The Hall–Kier alpha value is -2.74. The summed E-state index contributed by atoms with van der Waals surface area (Å²) in [5.74, 6) is 1.04. The van der Waals surface area contributed by atoms with Gasteiger partial charge in [0.15, 0.2) is 5.65 Å². The van der Waals surface area contributed by atoms with Crippen LogP contribution in [-0.2, 0) is 7.05 Å². The molecule has 0 fully saturated rings. The zero-order valence-corrected chi connectivity index (χ0v) is 13.0. The van der Waals surface area contributed by atoms with Crippen molar-refractivity contribution in [2.75, 3.05) is 25.6 Å². The highest BCUT2D eigenvalue weighted by Gasteiger charge is 2.14. The molecule has 3 aromatic rings. The fourth-order valence-corrected chi connectivity index (χ4v) is 2.21. The molecule has 8 heteroatoms. The summed E-state index contributed by atoms with van der Waals surface area (Å²) in [5.41, 5.74) is 2.99. The van der Waals surface area contributed by atoms with Crippen LogP contribution < -0.4 is 10.1 Å². The van der Waals surface area contributed by atoms with Crippen molar-refractivity contribution < 1.29 is 9.84 Å². The van der Waals surface area contributed by atoms with Crippen molar-refractivity contribution in [1.82, 2.24) is 24.5 Å². The Balaban J connectivity index is 2.05. The largest absolute Gasteiger partial charge is 0.481 e. The molecule has 0 saturated heterocycles. The van der Waals surface area contributed by atoms with Crippen molar-refractivity contribution in [2.45, 2.75) is 6.42 Å². The predicted octanol–water partition coefficient (Wildman–Crippen LogP) is 1.23. The number of aliphatic hydroxyl groups excluding tert-OH is 1. The second-order valence-electron chi connectivity index (χ2n) is 5.02. The Morgan fingerprint density at radius 3 is 2.83 bits per heavy atom. The van der Waals surface area contributed by atoms with Crippen LogP contribution in [0.15, 0.2) is 24.7 Å². The molecule has 3 heterocycles. The van der Waals surface area contributed by atoms with E-state index in [1.807, 2.05) is 17.7 Å². The van der Waals surface area contributed by atoms with Crippen LogP contribution in [0.5, 0.6) is 5.88 Å². The van der Waals surface area contributed by atoms with Gasteiger partial charge in [0, 0.05) is 38.0 Å². The molecule has 0 saturated carbocycles. The van der Waals surface area contributed by atoms with Gasteiger partial charge in [0.25, 0.3) is 0 Å². The molecule has 8 nitrogen and oxygen atoms in total. The van der Waals surface area contributed by atoms with Gasteiger partial charge in [0.2, 0.25) is 11.8 Å². The van der Waals surface area contributed by atoms with E-state index in [0.717, 1.165) is 11.2 Å². The number of aryl methyl sites for hydroxylation is 1. The van der Waals surface area contributed by atoms with Crippen molar-refractivity contribution in [3.05, 3.63) is 24.7 Å². The van der Waals surface area contributed by atoms with E-state index >= 15 is 0 Å². The van der Waals surface area contributed by atoms with Crippen LogP contribution in [0.1, 0.15) is 6.42 Å². The third-order valence-electron chi connectivity index (χ3n) is 3.40. The van der Waals surface area contributed by atoms with E-state index in [-0.39, 0.29) is 6.61 Å². The molecule has 0 radical (unpaired) electrons. The van der Waals surface area contributed by atoms with E-state index in [2.05, 4.69) is 25.3 Å². The van der Waals surface area contributed by atoms with E-state index in [4.69, 9.17) is 9.84 Å². The molecule has 0 bridgehead atoms. The topological polar surface area (TPSA) is 98.0 Å². The Labute approximate surface area is 133 Å². The van der Waals surface area contributed by atoms with Crippen molar-refractivity contribution in [3.63, 3.8) is 0 Å². The molecule has 0 spiro atoms. The number of imidazole rings is 1. The second-order valence-corrected chi connectivity index (χ2v) is 5.02. The molecule has 0 aromatic carbocycles. The lowest BCUT2D eigenvalue weighted by molar-refractivity contribution is 0.292. The molecule has 0 amide bonds. The lowest BCUT2D eigenvalue weighted by Crippen LogP contribution is -2.08. The third kappa shape index (κ3) is 3.07. The van der Waals surface area contributed by atoms with Gasteiger partial charge in [-0.15, -0.1) is 0 Å². The van der Waals surface area contributed by atoms with Crippen LogP contribution in [0.2, 0.25) is 0 Å². The van der Waals surface area contributed by atoms with Gasteiger partial charge >= 0.3 is 0 Å². The summed E-state index contributed by atoms with van der Waals surface area (Å²) in [5, 5.41) is 12.0. The summed E-state index contributed by atoms with van der Waals surface area (Å²) >= 11 is 0. The van der Waals surface area contributed by atoms with Crippen molar-refractivity contribution in [3.8, 4) is 17.1 Å². The average molecular weight is 314 g/mol. The van der Waals surface area contributed by atoms with E-state index in [1.165, 1.54) is 0 Å². The highest BCUT2D eigenvalue weighted by atomic mass is 16.5. The van der Waals surface area contributed by atoms with E-state index in [1.54, 1.807) is 25.7 Å². The predicted molar refractivity (Wildman–Crippen MR) is 86.3 cm³/mol. The summed E-state index contributed by atoms with van der Waals surface area (Å²) in [6.07, 6.45) is 4.04. The molecule has 0 unspecified atom stereocenters. The van der Waals surface area contributed by atoms with Crippen molar-refractivity contribution in [2.24, 2.45) is 7.05 Å². The summed E-state index contributed by atoms with van der Waals surface area (Å²) in [6.45, 7) is 0.719. The number of anilines is 1. The maximum absolute atomic E-state index is 8.89.